The Morgan fingerprint density at radius 2 is 2.54 bits per heavy atom. The molecule has 0 spiro atoms. The van der Waals surface area contributed by atoms with Crippen molar-refractivity contribution < 1.29 is 4.42 Å². The Bertz CT molecular complexity index is 228. The van der Waals surface area contributed by atoms with E-state index in [1.807, 2.05) is 25.3 Å². The molecule has 1 atom stereocenters. The number of unbranched alkanes of at least 4 members (excludes halogenated alkanes) is 1. The third kappa shape index (κ3) is 3.07. The molecular weight excluding hydrogens is 162 g/mol. The maximum Gasteiger partial charge on any atom is 0.120 e. The number of hydrogen-bond acceptors (Lipinski definition) is 2. The van der Waals surface area contributed by atoms with Gasteiger partial charge in [0, 0.05) is 0 Å². The van der Waals surface area contributed by atoms with Crippen molar-refractivity contribution in [2.24, 2.45) is 0 Å². The maximum atomic E-state index is 5.33. The smallest absolute Gasteiger partial charge is 0.120 e. The highest BCUT2D eigenvalue weighted by Crippen LogP contribution is 2.18. The van der Waals surface area contributed by atoms with E-state index in [0.717, 1.165) is 25.0 Å². The molecule has 0 saturated carbocycles. The van der Waals surface area contributed by atoms with E-state index < -0.39 is 0 Å². The summed E-state index contributed by atoms with van der Waals surface area (Å²) in [6.07, 6.45) is 6.98. The van der Waals surface area contributed by atoms with Crippen molar-refractivity contribution in [2.45, 2.75) is 25.3 Å². The standard InChI is InChI=1S/C11H17NO/c1-3-4-5-7-10(12-2)11-8-6-9-13-11/h3,6,8-10,12H,1,4-5,7H2,2H3. The fraction of sp³-hybridized carbons (Fsp3) is 0.455. The van der Waals surface area contributed by atoms with Gasteiger partial charge >= 0.3 is 0 Å². The first-order valence-corrected chi connectivity index (χ1v) is 4.70. The molecule has 2 nitrogen and oxygen atoms in total. The molecule has 0 aliphatic carbocycles. The van der Waals surface area contributed by atoms with E-state index >= 15 is 0 Å². The first-order chi connectivity index (χ1) is 6.38. The molecule has 0 aliphatic heterocycles. The van der Waals surface area contributed by atoms with Gasteiger partial charge in [-0.05, 0) is 38.4 Å². The zero-order valence-electron chi connectivity index (χ0n) is 8.12. The van der Waals surface area contributed by atoms with Gasteiger partial charge in [-0.25, -0.2) is 0 Å². The summed E-state index contributed by atoms with van der Waals surface area (Å²) >= 11 is 0. The predicted octanol–water partition coefficient (Wildman–Crippen LogP) is 2.90. The molecule has 13 heavy (non-hydrogen) atoms. The van der Waals surface area contributed by atoms with Gasteiger partial charge in [0.25, 0.3) is 0 Å². The van der Waals surface area contributed by atoms with Crippen LogP contribution in [0.3, 0.4) is 0 Å². The van der Waals surface area contributed by atoms with Crippen LogP contribution in [0.5, 0.6) is 0 Å². The lowest BCUT2D eigenvalue weighted by molar-refractivity contribution is 0.409. The van der Waals surface area contributed by atoms with E-state index in [0.29, 0.717) is 6.04 Å². The summed E-state index contributed by atoms with van der Waals surface area (Å²) in [6.45, 7) is 3.70. The fourth-order valence-corrected chi connectivity index (χ4v) is 1.38. The van der Waals surface area contributed by atoms with Gasteiger partial charge in [-0.2, -0.15) is 0 Å². The molecule has 0 bridgehead atoms. The Morgan fingerprint density at radius 1 is 1.69 bits per heavy atom. The van der Waals surface area contributed by atoms with Crippen LogP contribution in [0.4, 0.5) is 0 Å². The minimum absolute atomic E-state index is 0.343. The van der Waals surface area contributed by atoms with Crippen LogP contribution in [-0.4, -0.2) is 7.05 Å². The van der Waals surface area contributed by atoms with Crippen LogP contribution in [0.15, 0.2) is 35.5 Å². The molecular formula is C11H17NO. The summed E-state index contributed by atoms with van der Waals surface area (Å²) in [5.74, 6) is 1.02. The quantitative estimate of drug-likeness (QED) is 0.536. The second-order valence-corrected chi connectivity index (χ2v) is 3.08. The van der Waals surface area contributed by atoms with Crippen molar-refractivity contribution in [3.05, 3.63) is 36.8 Å². The van der Waals surface area contributed by atoms with Gasteiger partial charge in [0.2, 0.25) is 0 Å². The van der Waals surface area contributed by atoms with Crippen LogP contribution >= 0.6 is 0 Å². The SMILES string of the molecule is C=CCCCC(NC)c1ccco1. The average Bonchev–Trinajstić information content (AvgIpc) is 2.65. The molecule has 1 aromatic heterocycles. The van der Waals surface area contributed by atoms with Crippen molar-refractivity contribution >= 4 is 0 Å². The lowest BCUT2D eigenvalue weighted by atomic mass is 10.1. The minimum atomic E-state index is 0.343. The second-order valence-electron chi connectivity index (χ2n) is 3.08. The number of allylic oxidation sites excluding steroid dienone is 1. The molecule has 0 radical (unpaired) electrons. The van der Waals surface area contributed by atoms with E-state index in [4.69, 9.17) is 4.42 Å². The Hall–Kier alpha value is -1.02. The van der Waals surface area contributed by atoms with Crippen molar-refractivity contribution in [2.75, 3.05) is 7.05 Å². The zero-order valence-corrected chi connectivity index (χ0v) is 8.12. The fourth-order valence-electron chi connectivity index (χ4n) is 1.38. The van der Waals surface area contributed by atoms with Gasteiger partial charge in [0.1, 0.15) is 5.76 Å². The van der Waals surface area contributed by atoms with Crippen molar-refractivity contribution in [3.63, 3.8) is 0 Å². The molecule has 1 heterocycles. The first-order valence-electron chi connectivity index (χ1n) is 4.70. The molecule has 1 N–H and O–H groups in total. The number of hydrogen-bond donors (Lipinski definition) is 1. The lowest BCUT2D eigenvalue weighted by Gasteiger charge is -2.12. The third-order valence-corrected chi connectivity index (χ3v) is 2.14. The van der Waals surface area contributed by atoms with Gasteiger partial charge in [-0.1, -0.05) is 6.08 Å². The molecule has 1 rings (SSSR count). The van der Waals surface area contributed by atoms with Crippen LogP contribution in [-0.2, 0) is 0 Å². The lowest BCUT2D eigenvalue weighted by Crippen LogP contribution is -2.15. The summed E-state index contributed by atoms with van der Waals surface area (Å²) in [5.41, 5.74) is 0. The highest BCUT2D eigenvalue weighted by atomic mass is 16.3. The Morgan fingerprint density at radius 3 is 3.08 bits per heavy atom. The molecule has 1 unspecified atom stereocenters. The van der Waals surface area contributed by atoms with Gasteiger partial charge in [-0.3, -0.25) is 0 Å². The summed E-state index contributed by atoms with van der Waals surface area (Å²) in [4.78, 5) is 0. The molecule has 0 aliphatic rings. The average molecular weight is 179 g/mol. The molecule has 0 saturated heterocycles. The van der Waals surface area contributed by atoms with E-state index in [9.17, 15) is 0 Å². The molecule has 2 heteroatoms. The van der Waals surface area contributed by atoms with Gasteiger partial charge in [0.15, 0.2) is 0 Å². The van der Waals surface area contributed by atoms with Crippen LogP contribution in [0.2, 0.25) is 0 Å². The van der Waals surface area contributed by atoms with Gasteiger partial charge in [0.05, 0.1) is 12.3 Å². The largest absolute Gasteiger partial charge is 0.468 e. The Labute approximate surface area is 79.6 Å². The van der Waals surface area contributed by atoms with E-state index in [1.54, 1.807) is 6.26 Å². The topological polar surface area (TPSA) is 25.2 Å². The summed E-state index contributed by atoms with van der Waals surface area (Å²) in [7, 11) is 1.96. The number of furan rings is 1. The van der Waals surface area contributed by atoms with E-state index in [-0.39, 0.29) is 0 Å². The van der Waals surface area contributed by atoms with Gasteiger partial charge in [-0.15, -0.1) is 6.58 Å². The monoisotopic (exact) mass is 179 g/mol. The van der Waals surface area contributed by atoms with Crippen LogP contribution < -0.4 is 5.32 Å². The Kier molecular flexibility index (Phi) is 4.33. The van der Waals surface area contributed by atoms with Gasteiger partial charge < -0.3 is 9.73 Å². The molecule has 0 aromatic carbocycles. The summed E-state index contributed by atoms with van der Waals surface area (Å²) < 4.78 is 5.33. The zero-order chi connectivity index (χ0) is 9.52. The van der Waals surface area contributed by atoms with E-state index in [2.05, 4.69) is 11.9 Å². The minimum Gasteiger partial charge on any atom is -0.468 e. The second kappa shape index (κ2) is 5.60. The van der Waals surface area contributed by atoms with Crippen LogP contribution in [0.1, 0.15) is 31.1 Å². The molecule has 0 amide bonds. The third-order valence-electron chi connectivity index (χ3n) is 2.14. The number of nitrogens with one attached hydrogen (secondary N) is 1. The summed E-state index contributed by atoms with van der Waals surface area (Å²) in [6, 6.07) is 4.28. The molecule has 0 fully saturated rings. The summed E-state index contributed by atoms with van der Waals surface area (Å²) in [5, 5.41) is 3.24. The van der Waals surface area contributed by atoms with Crippen molar-refractivity contribution in [1.82, 2.24) is 5.32 Å². The van der Waals surface area contributed by atoms with Crippen molar-refractivity contribution in [3.8, 4) is 0 Å². The molecule has 72 valence electrons. The highest BCUT2D eigenvalue weighted by molar-refractivity contribution is 5.03. The van der Waals surface area contributed by atoms with E-state index in [1.165, 1.54) is 0 Å². The van der Waals surface area contributed by atoms with Crippen molar-refractivity contribution in [1.29, 1.82) is 0 Å². The number of rotatable bonds is 6. The predicted molar refractivity (Wildman–Crippen MR) is 54.6 cm³/mol. The Balaban J connectivity index is 2.39. The normalized spacial score (nSPS) is 12.7. The first kappa shape index (κ1) is 10.1. The maximum absolute atomic E-state index is 5.33. The highest BCUT2D eigenvalue weighted by Gasteiger charge is 2.10. The molecule has 1 aromatic rings. The van der Waals surface area contributed by atoms with Crippen LogP contribution in [0, 0.1) is 0 Å². The van der Waals surface area contributed by atoms with Crippen LogP contribution in [0.25, 0.3) is 0 Å².